The molecule has 11 heteroatoms. The summed E-state index contributed by atoms with van der Waals surface area (Å²) in [6.07, 6.45) is 0.225. The Kier molecular flexibility index (Phi) is 10.4. The molecular weight excluding hydrogens is 588 g/mol. The van der Waals surface area contributed by atoms with E-state index >= 15 is 4.39 Å². The van der Waals surface area contributed by atoms with Gasteiger partial charge in [-0.25, -0.2) is 12.8 Å². The van der Waals surface area contributed by atoms with E-state index in [-0.39, 0.29) is 28.6 Å². The Morgan fingerprint density at radius 3 is 2.20 bits per heavy atom. The van der Waals surface area contributed by atoms with Gasteiger partial charge < -0.3 is 10.2 Å². The lowest BCUT2D eigenvalue weighted by Crippen LogP contribution is -2.55. The molecule has 0 heterocycles. The van der Waals surface area contributed by atoms with Crippen LogP contribution in [0.2, 0.25) is 10.0 Å². The highest BCUT2D eigenvalue weighted by Gasteiger charge is 2.35. The van der Waals surface area contributed by atoms with Crippen molar-refractivity contribution in [3.63, 3.8) is 0 Å². The summed E-state index contributed by atoms with van der Waals surface area (Å²) in [4.78, 5) is 28.6. The van der Waals surface area contributed by atoms with Crippen LogP contribution in [0.15, 0.2) is 71.6 Å². The molecule has 0 aliphatic carbocycles. The number of carbonyl (C=O) groups is 2. The first-order chi connectivity index (χ1) is 19.1. The van der Waals surface area contributed by atoms with E-state index < -0.39 is 45.8 Å². The largest absolute Gasteiger partial charge is 0.350 e. The van der Waals surface area contributed by atoms with Gasteiger partial charge in [-0.2, -0.15) is 0 Å². The molecule has 1 unspecified atom stereocenters. The van der Waals surface area contributed by atoms with Crippen molar-refractivity contribution in [2.45, 2.75) is 64.1 Å². The number of carbonyl (C=O) groups excluding carboxylic acids is 2. The highest BCUT2D eigenvalue weighted by Crippen LogP contribution is 2.28. The molecule has 41 heavy (non-hydrogen) atoms. The second-order valence-electron chi connectivity index (χ2n) is 10.7. The summed E-state index contributed by atoms with van der Waals surface area (Å²) in [5.74, 6) is -1.95. The number of amides is 2. The van der Waals surface area contributed by atoms with Gasteiger partial charge in [0.15, 0.2) is 0 Å². The summed E-state index contributed by atoms with van der Waals surface area (Å²) < 4.78 is 43.5. The van der Waals surface area contributed by atoms with Gasteiger partial charge in [-0.1, -0.05) is 66.0 Å². The fourth-order valence-electron chi connectivity index (χ4n) is 4.21. The van der Waals surface area contributed by atoms with E-state index in [4.69, 9.17) is 23.2 Å². The van der Waals surface area contributed by atoms with Crippen LogP contribution in [-0.2, 0) is 26.2 Å². The maximum atomic E-state index is 15.1. The predicted molar refractivity (Wildman–Crippen MR) is 161 cm³/mol. The van der Waals surface area contributed by atoms with Crippen LogP contribution < -0.4 is 9.62 Å². The number of benzene rings is 3. The molecule has 3 rings (SSSR count). The Labute approximate surface area is 251 Å². The zero-order valence-electron chi connectivity index (χ0n) is 23.6. The van der Waals surface area contributed by atoms with Crippen molar-refractivity contribution in [2.24, 2.45) is 0 Å². The molecule has 0 fully saturated rings. The average molecular weight is 623 g/mol. The second kappa shape index (κ2) is 13.2. The molecule has 0 aliphatic rings. The van der Waals surface area contributed by atoms with Crippen molar-refractivity contribution < 1.29 is 22.4 Å². The molecule has 1 atom stereocenters. The van der Waals surface area contributed by atoms with E-state index in [2.05, 4.69) is 5.32 Å². The maximum absolute atomic E-state index is 15.1. The van der Waals surface area contributed by atoms with Crippen molar-refractivity contribution in [2.75, 3.05) is 10.8 Å². The first kappa shape index (κ1) is 32.4. The minimum absolute atomic E-state index is 0.107. The highest BCUT2D eigenvalue weighted by atomic mass is 35.5. The Bertz CT molecular complexity index is 1510. The summed E-state index contributed by atoms with van der Waals surface area (Å²) in [5.41, 5.74) is 0.452. The van der Waals surface area contributed by atoms with E-state index in [1.54, 1.807) is 31.2 Å². The van der Waals surface area contributed by atoms with Crippen molar-refractivity contribution >= 4 is 50.7 Å². The number of aryl methyl sites for hydroxylation is 1. The van der Waals surface area contributed by atoms with E-state index in [1.165, 1.54) is 41.3 Å². The number of rotatable bonds is 10. The summed E-state index contributed by atoms with van der Waals surface area (Å²) in [6, 6.07) is 15.1. The minimum atomic E-state index is -4.39. The van der Waals surface area contributed by atoms with Gasteiger partial charge in [-0.3, -0.25) is 13.9 Å². The predicted octanol–water partition coefficient (Wildman–Crippen LogP) is 6.36. The molecule has 3 aromatic carbocycles. The average Bonchev–Trinajstić information content (AvgIpc) is 2.88. The summed E-state index contributed by atoms with van der Waals surface area (Å²) in [5, 5.41) is 3.56. The van der Waals surface area contributed by atoms with Crippen LogP contribution in [0.4, 0.5) is 10.1 Å². The molecule has 0 spiro atoms. The number of hydrogen-bond acceptors (Lipinski definition) is 4. The molecule has 1 N–H and O–H groups in total. The normalized spacial score (nSPS) is 12.5. The maximum Gasteiger partial charge on any atom is 0.264 e. The smallest absolute Gasteiger partial charge is 0.264 e. The van der Waals surface area contributed by atoms with Gasteiger partial charge in [0.1, 0.15) is 18.4 Å². The highest BCUT2D eigenvalue weighted by molar-refractivity contribution is 7.92. The lowest BCUT2D eigenvalue weighted by atomic mass is 10.1. The molecule has 3 aromatic rings. The molecule has 7 nitrogen and oxygen atoms in total. The molecule has 0 aromatic heterocycles. The summed E-state index contributed by atoms with van der Waals surface area (Å²) >= 11 is 12.5. The van der Waals surface area contributed by atoms with Crippen molar-refractivity contribution in [3.05, 3.63) is 93.7 Å². The number of hydrogen-bond donors (Lipinski definition) is 1. The molecule has 0 aliphatic heterocycles. The van der Waals surface area contributed by atoms with Gasteiger partial charge in [-0.15, -0.1) is 0 Å². The van der Waals surface area contributed by atoms with Crippen LogP contribution in [0.25, 0.3) is 0 Å². The topological polar surface area (TPSA) is 86.8 Å². The van der Waals surface area contributed by atoms with Crippen LogP contribution in [0.1, 0.15) is 45.2 Å². The van der Waals surface area contributed by atoms with Gasteiger partial charge in [-0.05, 0) is 76.1 Å². The van der Waals surface area contributed by atoms with E-state index in [0.717, 1.165) is 15.9 Å². The number of nitrogens with one attached hydrogen (secondary N) is 1. The van der Waals surface area contributed by atoms with Crippen molar-refractivity contribution in [1.82, 2.24) is 10.2 Å². The Balaban J connectivity index is 2.11. The van der Waals surface area contributed by atoms with Gasteiger partial charge in [0.05, 0.1) is 10.6 Å². The van der Waals surface area contributed by atoms with Crippen LogP contribution in [-0.4, -0.2) is 43.3 Å². The molecule has 0 saturated heterocycles. The quantitative estimate of drug-likeness (QED) is 0.285. The van der Waals surface area contributed by atoms with Crippen LogP contribution in [0, 0.1) is 12.7 Å². The number of sulfonamides is 1. The van der Waals surface area contributed by atoms with Crippen LogP contribution >= 0.6 is 23.2 Å². The summed E-state index contributed by atoms with van der Waals surface area (Å²) in [6.45, 7) is 8.12. The summed E-state index contributed by atoms with van der Waals surface area (Å²) in [7, 11) is -4.39. The second-order valence-corrected chi connectivity index (χ2v) is 13.4. The number of anilines is 1. The molecule has 220 valence electrons. The monoisotopic (exact) mass is 621 g/mol. The van der Waals surface area contributed by atoms with Crippen molar-refractivity contribution in [3.8, 4) is 0 Å². The third-order valence-electron chi connectivity index (χ3n) is 6.25. The standard InChI is InChI=1S/C30H34Cl2FN3O4S/c1-6-26(29(38)34-30(3,4)5)35(18-21-13-14-22(31)17-24(21)32)28(37)19-36(27-10-8-7-9-25(27)33)41(39,40)23-15-11-20(2)12-16-23/h7-17,26H,6,18-19H2,1-5H3,(H,34,38). The van der Waals surface area contributed by atoms with E-state index in [9.17, 15) is 18.0 Å². The van der Waals surface area contributed by atoms with E-state index in [0.29, 0.717) is 10.6 Å². The first-order valence-electron chi connectivity index (χ1n) is 13.0. The third kappa shape index (κ3) is 8.21. The Morgan fingerprint density at radius 1 is 1.00 bits per heavy atom. The SMILES string of the molecule is CCC(C(=O)NC(C)(C)C)N(Cc1ccc(Cl)cc1Cl)C(=O)CN(c1ccccc1F)S(=O)(=O)c1ccc(C)cc1. The molecule has 0 radical (unpaired) electrons. The first-order valence-corrected chi connectivity index (χ1v) is 15.2. The van der Waals surface area contributed by atoms with Gasteiger partial charge in [0, 0.05) is 22.1 Å². The third-order valence-corrected chi connectivity index (χ3v) is 8.61. The fraction of sp³-hybridized carbons (Fsp3) is 0.333. The molecule has 0 saturated carbocycles. The minimum Gasteiger partial charge on any atom is -0.350 e. The fourth-order valence-corrected chi connectivity index (χ4v) is 6.10. The van der Waals surface area contributed by atoms with Crippen LogP contribution in [0.3, 0.4) is 0 Å². The van der Waals surface area contributed by atoms with Gasteiger partial charge in [0.2, 0.25) is 11.8 Å². The molecule has 2 amide bonds. The Hall–Kier alpha value is -3.14. The number of halogens is 3. The lowest BCUT2D eigenvalue weighted by Gasteiger charge is -2.35. The lowest BCUT2D eigenvalue weighted by molar-refractivity contribution is -0.141. The van der Waals surface area contributed by atoms with E-state index in [1.807, 2.05) is 27.7 Å². The zero-order chi connectivity index (χ0) is 30.5. The van der Waals surface area contributed by atoms with Crippen molar-refractivity contribution in [1.29, 1.82) is 0 Å². The van der Waals surface area contributed by atoms with Gasteiger partial charge in [0.25, 0.3) is 10.0 Å². The number of para-hydroxylation sites is 1. The number of nitrogens with zero attached hydrogens (tertiary/aromatic N) is 2. The van der Waals surface area contributed by atoms with Gasteiger partial charge >= 0.3 is 0 Å². The van der Waals surface area contributed by atoms with Crippen LogP contribution in [0.5, 0.6) is 0 Å². The zero-order valence-corrected chi connectivity index (χ0v) is 25.9. The Morgan fingerprint density at radius 2 is 1.63 bits per heavy atom. The molecular formula is C30H34Cl2FN3O4S. The molecule has 0 bridgehead atoms.